The second-order valence-electron chi connectivity index (χ2n) is 5.66. The molecule has 0 spiro atoms. The van der Waals surface area contributed by atoms with Gasteiger partial charge in [0.05, 0.1) is 6.33 Å². The van der Waals surface area contributed by atoms with Crippen molar-refractivity contribution >= 4 is 11.9 Å². The summed E-state index contributed by atoms with van der Waals surface area (Å²) in [6.07, 6.45) is 6.38. The lowest BCUT2D eigenvalue weighted by molar-refractivity contribution is -0.147. The standard InChI is InChI=1S/C16H17N3O3/c1-16(15(21)22)7-2-9-19(16)14(20)12-3-5-13(6-4-12)18-10-8-17-11-18/h3-6,8,10-11H,2,7,9H2,1H3,(H,21,22). The van der Waals surface area contributed by atoms with Gasteiger partial charge in [0.1, 0.15) is 5.54 Å². The predicted molar refractivity (Wildman–Crippen MR) is 79.9 cm³/mol. The van der Waals surface area contributed by atoms with Crippen molar-refractivity contribution in [3.05, 3.63) is 48.5 Å². The topological polar surface area (TPSA) is 75.4 Å². The molecule has 2 aromatic rings. The summed E-state index contributed by atoms with van der Waals surface area (Å²) in [4.78, 5) is 29.5. The third kappa shape index (κ3) is 2.26. The molecule has 1 unspecified atom stereocenters. The third-order valence-corrected chi connectivity index (χ3v) is 4.26. The van der Waals surface area contributed by atoms with E-state index in [0.717, 1.165) is 5.69 Å². The fraction of sp³-hybridized carbons (Fsp3) is 0.312. The van der Waals surface area contributed by atoms with E-state index in [1.807, 2.05) is 22.9 Å². The first-order chi connectivity index (χ1) is 10.5. The van der Waals surface area contributed by atoms with Crippen molar-refractivity contribution in [1.29, 1.82) is 0 Å². The van der Waals surface area contributed by atoms with Gasteiger partial charge >= 0.3 is 5.97 Å². The molecule has 1 aromatic heterocycles. The number of hydrogen-bond donors (Lipinski definition) is 1. The number of carbonyl (C=O) groups is 2. The molecular formula is C16H17N3O3. The van der Waals surface area contributed by atoms with Crippen LogP contribution >= 0.6 is 0 Å². The highest BCUT2D eigenvalue weighted by atomic mass is 16.4. The number of aliphatic carboxylic acids is 1. The zero-order valence-corrected chi connectivity index (χ0v) is 12.3. The van der Waals surface area contributed by atoms with E-state index in [4.69, 9.17) is 0 Å². The van der Waals surface area contributed by atoms with Gasteiger partial charge in [-0.15, -0.1) is 0 Å². The second-order valence-corrected chi connectivity index (χ2v) is 5.66. The first-order valence-electron chi connectivity index (χ1n) is 7.16. The number of aromatic nitrogens is 2. The molecule has 22 heavy (non-hydrogen) atoms. The van der Waals surface area contributed by atoms with Crippen molar-refractivity contribution in [2.75, 3.05) is 6.54 Å². The highest BCUT2D eigenvalue weighted by Crippen LogP contribution is 2.30. The maximum atomic E-state index is 12.6. The van der Waals surface area contributed by atoms with Crippen molar-refractivity contribution in [3.63, 3.8) is 0 Å². The summed E-state index contributed by atoms with van der Waals surface area (Å²) in [6, 6.07) is 7.09. The Labute approximate surface area is 128 Å². The van der Waals surface area contributed by atoms with Crippen LogP contribution in [-0.2, 0) is 4.79 Å². The molecule has 1 fully saturated rings. The van der Waals surface area contributed by atoms with Gasteiger partial charge in [0.25, 0.3) is 5.91 Å². The van der Waals surface area contributed by atoms with E-state index >= 15 is 0 Å². The molecule has 0 saturated carbocycles. The monoisotopic (exact) mass is 299 g/mol. The van der Waals surface area contributed by atoms with Gasteiger partial charge in [-0.2, -0.15) is 0 Å². The van der Waals surface area contributed by atoms with Crippen LogP contribution in [0, 0.1) is 0 Å². The van der Waals surface area contributed by atoms with E-state index < -0.39 is 11.5 Å². The van der Waals surface area contributed by atoms with Gasteiger partial charge in [-0.1, -0.05) is 0 Å². The number of carbonyl (C=O) groups excluding carboxylic acids is 1. The molecular weight excluding hydrogens is 282 g/mol. The van der Waals surface area contributed by atoms with Crippen molar-refractivity contribution < 1.29 is 14.7 Å². The van der Waals surface area contributed by atoms with Crippen LogP contribution in [0.4, 0.5) is 0 Å². The fourth-order valence-electron chi connectivity index (χ4n) is 2.85. The zero-order valence-electron chi connectivity index (χ0n) is 12.3. The van der Waals surface area contributed by atoms with E-state index in [0.29, 0.717) is 24.9 Å². The third-order valence-electron chi connectivity index (χ3n) is 4.26. The molecule has 0 radical (unpaired) electrons. The smallest absolute Gasteiger partial charge is 0.329 e. The van der Waals surface area contributed by atoms with Gasteiger partial charge in [-0.3, -0.25) is 4.79 Å². The lowest BCUT2D eigenvalue weighted by atomic mass is 9.98. The minimum Gasteiger partial charge on any atom is -0.480 e. The van der Waals surface area contributed by atoms with Crippen molar-refractivity contribution in [2.45, 2.75) is 25.3 Å². The predicted octanol–water partition coefficient (Wildman–Crippen LogP) is 1.95. The Morgan fingerprint density at radius 1 is 1.27 bits per heavy atom. The summed E-state index contributed by atoms with van der Waals surface area (Å²) in [5, 5.41) is 9.40. The Morgan fingerprint density at radius 2 is 2.00 bits per heavy atom. The van der Waals surface area contributed by atoms with Crippen LogP contribution in [0.3, 0.4) is 0 Å². The lowest BCUT2D eigenvalue weighted by Gasteiger charge is -2.31. The minimum atomic E-state index is -1.11. The quantitative estimate of drug-likeness (QED) is 0.940. The van der Waals surface area contributed by atoms with Crippen LogP contribution < -0.4 is 0 Å². The number of carboxylic acid groups (broad SMARTS) is 1. The summed E-state index contributed by atoms with van der Waals surface area (Å²) in [7, 11) is 0. The number of imidazole rings is 1. The van der Waals surface area contributed by atoms with E-state index in [-0.39, 0.29) is 5.91 Å². The Hall–Kier alpha value is -2.63. The summed E-state index contributed by atoms with van der Waals surface area (Å²) in [6.45, 7) is 2.09. The number of nitrogens with zero attached hydrogens (tertiary/aromatic N) is 3. The second kappa shape index (κ2) is 5.29. The molecule has 114 valence electrons. The largest absolute Gasteiger partial charge is 0.480 e. The molecule has 1 aromatic carbocycles. The van der Waals surface area contributed by atoms with E-state index in [9.17, 15) is 14.7 Å². The number of benzene rings is 1. The number of carboxylic acids is 1. The van der Waals surface area contributed by atoms with Gasteiger partial charge in [-0.05, 0) is 44.0 Å². The van der Waals surface area contributed by atoms with E-state index in [2.05, 4.69) is 4.98 Å². The Kier molecular flexibility index (Phi) is 3.44. The number of hydrogen-bond acceptors (Lipinski definition) is 3. The molecule has 2 heterocycles. The van der Waals surface area contributed by atoms with Gasteiger partial charge in [-0.25, -0.2) is 9.78 Å². The Balaban J connectivity index is 1.85. The fourth-order valence-corrected chi connectivity index (χ4v) is 2.85. The van der Waals surface area contributed by atoms with Gasteiger partial charge in [0, 0.05) is 30.2 Å². The Morgan fingerprint density at radius 3 is 2.59 bits per heavy atom. The Bertz CT molecular complexity index is 694. The van der Waals surface area contributed by atoms with E-state index in [1.54, 1.807) is 31.6 Å². The maximum Gasteiger partial charge on any atom is 0.329 e. The molecule has 3 rings (SSSR count). The maximum absolute atomic E-state index is 12.6. The van der Waals surface area contributed by atoms with Crippen LogP contribution in [0.1, 0.15) is 30.1 Å². The first kappa shape index (κ1) is 14.3. The van der Waals surface area contributed by atoms with Crippen molar-refractivity contribution in [3.8, 4) is 5.69 Å². The summed E-state index contributed by atoms with van der Waals surface area (Å²) >= 11 is 0. The first-order valence-corrected chi connectivity index (χ1v) is 7.16. The molecule has 0 bridgehead atoms. The number of amides is 1. The zero-order chi connectivity index (χ0) is 15.7. The molecule has 0 aliphatic carbocycles. The highest BCUT2D eigenvalue weighted by Gasteiger charge is 2.46. The number of rotatable bonds is 3. The van der Waals surface area contributed by atoms with Crippen LogP contribution in [-0.4, -0.2) is 43.5 Å². The van der Waals surface area contributed by atoms with E-state index in [1.165, 1.54) is 4.90 Å². The molecule has 6 heteroatoms. The molecule has 1 saturated heterocycles. The normalized spacial score (nSPS) is 21.0. The molecule has 1 atom stereocenters. The highest BCUT2D eigenvalue weighted by molar-refractivity contribution is 5.98. The van der Waals surface area contributed by atoms with Gasteiger partial charge in [0.15, 0.2) is 0 Å². The van der Waals surface area contributed by atoms with Crippen LogP contribution in [0.5, 0.6) is 0 Å². The van der Waals surface area contributed by atoms with Crippen molar-refractivity contribution in [1.82, 2.24) is 14.5 Å². The van der Waals surface area contributed by atoms with Gasteiger partial charge < -0.3 is 14.6 Å². The average Bonchev–Trinajstić information content (AvgIpc) is 3.17. The average molecular weight is 299 g/mol. The summed E-state index contributed by atoms with van der Waals surface area (Å²) < 4.78 is 1.84. The molecule has 1 aliphatic heterocycles. The van der Waals surface area contributed by atoms with Crippen molar-refractivity contribution in [2.24, 2.45) is 0 Å². The SMILES string of the molecule is CC1(C(=O)O)CCCN1C(=O)c1ccc(-n2ccnc2)cc1. The lowest BCUT2D eigenvalue weighted by Crippen LogP contribution is -2.50. The van der Waals surface area contributed by atoms with Gasteiger partial charge in [0.2, 0.25) is 0 Å². The van der Waals surface area contributed by atoms with Crippen LogP contribution in [0.2, 0.25) is 0 Å². The molecule has 1 aliphatic rings. The minimum absolute atomic E-state index is 0.236. The summed E-state index contributed by atoms with van der Waals surface area (Å²) in [5.41, 5.74) is 0.287. The van der Waals surface area contributed by atoms with Crippen LogP contribution in [0.25, 0.3) is 5.69 Å². The van der Waals surface area contributed by atoms with Crippen LogP contribution in [0.15, 0.2) is 43.0 Å². The molecule has 1 N–H and O–H groups in total. The summed E-state index contributed by atoms with van der Waals surface area (Å²) in [5.74, 6) is -1.19. The molecule has 6 nitrogen and oxygen atoms in total. The molecule has 1 amide bonds. The number of likely N-dealkylation sites (tertiary alicyclic amines) is 1.